The molecule has 5 nitrogen and oxygen atoms in total. The molecule has 0 aliphatic heterocycles. The summed E-state index contributed by atoms with van der Waals surface area (Å²) in [7, 11) is -3.44. The molecule has 0 bridgehead atoms. The van der Waals surface area contributed by atoms with Gasteiger partial charge in [0.1, 0.15) is 0 Å². The second kappa shape index (κ2) is 5.60. The first-order valence-electron chi connectivity index (χ1n) is 4.77. The Morgan fingerprint density at radius 2 is 2.00 bits per heavy atom. The SMILES string of the molecule is C=CC(=O)Nc1ccc(COS(C)(=O)=O)cc1. The molecule has 1 aromatic carbocycles. The van der Waals surface area contributed by atoms with Crippen LogP contribution in [0.5, 0.6) is 0 Å². The molecule has 1 aromatic rings. The van der Waals surface area contributed by atoms with Crippen molar-refractivity contribution in [3.8, 4) is 0 Å². The highest BCUT2D eigenvalue weighted by molar-refractivity contribution is 7.85. The van der Waals surface area contributed by atoms with E-state index in [1.54, 1.807) is 24.3 Å². The summed E-state index contributed by atoms with van der Waals surface area (Å²) in [6, 6.07) is 6.65. The van der Waals surface area contributed by atoms with Crippen LogP contribution in [0.2, 0.25) is 0 Å². The van der Waals surface area contributed by atoms with E-state index in [2.05, 4.69) is 16.1 Å². The second-order valence-corrected chi connectivity index (χ2v) is 5.00. The standard InChI is InChI=1S/C11H13NO4S/c1-3-11(13)12-10-6-4-9(5-7-10)8-16-17(2,14)15/h3-7H,1,8H2,2H3,(H,12,13). The minimum atomic E-state index is -3.44. The van der Waals surface area contributed by atoms with E-state index >= 15 is 0 Å². The summed E-state index contributed by atoms with van der Waals surface area (Å²) in [5, 5.41) is 2.58. The number of anilines is 1. The van der Waals surface area contributed by atoms with Crippen molar-refractivity contribution in [1.29, 1.82) is 0 Å². The van der Waals surface area contributed by atoms with E-state index in [-0.39, 0.29) is 12.5 Å². The monoisotopic (exact) mass is 255 g/mol. The topological polar surface area (TPSA) is 72.5 Å². The maximum absolute atomic E-state index is 11.0. The molecule has 17 heavy (non-hydrogen) atoms. The highest BCUT2D eigenvalue weighted by Gasteiger charge is 2.03. The lowest BCUT2D eigenvalue weighted by Gasteiger charge is -2.04. The zero-order valence-electron chi connectivity index (χ0n) is 9.34. The molecule has 0 spiro atoms. The number of hydrogen-bond donors (Lipinski definition) is 1. The molecular formula is C11H13NO4S. The molecule has 0 fully saturated rings. The van der Waals surface area contributed by atoms with Crippen molar-refractivity contribution in [2.45, 2.75) is 6.61 Å². The van der Waals surface area contributed by atoms with E-state index in [4.69, 9.17) is 0 Å². The molecule has 92 valence electrons. The van der Waals surface area contributed by atoms with Gasteiger partial charge in [-0.3, -0.25) is 8.98 Å². The van der Waals surface area contributed by atoms with E-state index in [9.17, 15) is 13.2 Å². The first-order chi connectivity index (χ1) is 7.90. The third-order valence-electron chi connectivity index (χ3n) is 1.85. The van der Waals surface area contributed by atoms with Gasteiger partial charge >= 0.3 is 0 Å². The zero-order chi connectivity index (χ0) is 12.9. The molecule has 0 aliphatic carbocycles. The van der Waals surface area contributed by atoms with Crippen LogP contribution in [0.25, 0.3) is 0 Å². The van der Waals surface area contributed by atoms with Crippen LogP contribution in [0.4, 0.5) is 5.69 Å². The van der Waals surface area contributed by atoms with Gasteiger partial charge < -0.3 is 5.32 Å². The Kier molecular flexibility index (Phi) is 4.42. The van der Waals surface area contributed by atoms with Crippen LogP contribution < -0.4 is 5.32 Å². The number of carbonyl (C=O) groups excluding carboxylic acids is 1. The van der Waals surface area contributed by atoms with Crippen LogP contribution in [0.15, 0.2) is 36.9 Å². The van der Waals surface area contributed by atoms with Gasteiger partial charge in [-0.2, -0.15) is 8.42 Å². The third kappa shape index (κ3) is 5.28. The number of hydrogen-bond acceptors (Lipinski definition) is 4. The fraction of sp³-hybridized carbons (Fsp3) is 0.182. The summed E-state index contributed by atoms with van der Waals surface area (Å²) in [6.07, 6.45) is 2.16. The normalized spacial score (nSPS) is 10.9. The van der Waals surface area contributed by atoms with Crippen LogP contribution in [0.1, 0.15) is 5.56 Å². The zero-order valence-corrected chi connectivity index (χ0v) is 10.2. The van der Waals surface area contributed by atoms with E-state index in [0.717, 1.165) is 6.26 Å². The molecule has 0 atom stereocenters. The molecule has 0 heterocycles. The maximum Gasteiger partial charge on any atom is 0.264 e. The van der Waals surface area contributed by atoms with Crippen molar-refractivity contribution in [3.63, 3.8) is 0 Å². The third-order valence-corrected chi connectivity index (χ3v) is 2.39. The lowest BCUT2D eigenvalue weighted by atomic mass is 10.2. The molecule has 0 aliphatic rings. The Balaban J connectivity index is 2.62. The Hall–Kier alpha value is -1.66. The molecule has 6 heteroatoms. The largest absolute Gasteiger partial charge is 0.323 e. The molecule has 1 rings (SSSR count). The summed E-state index contributed by atoms with van der Waals surface area (Å²) >= 11 is 0. The maximum atomic E-state index is 11.0. The van der Waals surface area contributed by atoms with Crippen molar-refractivity contribution >= 4 is 21.7 Å². The van der Waals surface area contributed by atoms with Gasteiger partial charge in [-0.1, -0.05) is 18.7 Å². The Bertz CT molecular complexity index is 505. The quantitative estimate of drug-likeness (QED) is 0.635. The second-order valence-electron chi connectivity index (χ2n) is 3.36. The van der Waals surface area contributed by atoms with Gasteiger partial charge in [-0.15, -0.1) is 0 Å². The van der Waals surface area contributed by atoms with Gasteiger partial charge in [0, 0.05) is 5.69 Å². The summed E-state index contributed by atoms with van der Waals surface area (Å²) < 4.78 is 26.2. The summed E-state index contributed by atoms with van der Waals surface area (Å²) in [6.45, 7) is 3.31. The van der Waals surface area contributed by atoms with Crippen molar-refractivity contribution in [3.05, 3.63) is 42.5 Å². The van der Waals surface area contributed by atoms with Crippen LogP contribution in [0.3, 0.4) is 0 Å². The first kappa shape index (κ1) is 13.4. The van der Waals surface area contributed by atoms with Crippen molar-refractivity contribution in [2.75, 3.05) is 11.6 Å². The Morgan fingerprint density at radius 1 is 1.41 bits per heavy atom. The fourth-order valence-corrected chi connectivity index (χ4v) is 1.40. The molecule has 0 unspecified atom stereocenters. The number of nitrogens with one attached hydrogen (secondary N) is 1. The molecular weight excluding hydrogens is 242 g/mol. The van der Waals surface area contributed by atoms with E-state index in [1.165, 1.54) is 6.08 Å². The average molecular weight is 255 g/mol. The predicted octanol–water partition coefficient (Wildman–Crippen LogP) is 1.29. The molecule has 0 saturated heterocycles. The van der Waals surface area contributed by atoms with Crippen molar-refractivity contribution < 1.29 is 17.4 Å². The summed E-state index contributed by atoms with van der Waals surface area (Å²) in [4.78, 5) is 11.0. The highest BCUT2D eigenvalue weighted by Crippen LogP contribution is 2.11. The predicted molar refractivity (Wildman–Crippen MR) is 64.9 cm³/mol. The van der Waals surface area contributed by atoms with Gasteiger partial charge in [0.25, 0.3) is 10.1 Å². The van der Waals surface area contributed by atoms with Gasteiger partial charge in [0.2, 0.25) is 5.91 Å². The minimum absolute atomic E-state index is 0.0193. The average Bonchev–Trinajstić information content (AvgIpc) is 2.27. The van der Waals surface area contributed by atoms with Crippen LogP contribution >= 0.6 is 0 Å². The van der Waals surface area contributed by atoms with Crippen LogP contribution in [-0.2, 0) is 25.7 Å². The summed E-state index contributed by atoms with van der Waals surface area (Å²) in [5.41, 5.74) is 1.31. The molecule has 0 radical (unpaired) electrons. The first-order valence-corrected chi connectivity index (χ1v) is 6.59. The van der Waals surface area contributed by atoms with Gasteiger partial charge in [0.05, 0.1) is 12.9 Å². The number of rotatable bonds is 5. The smallest absolute Gasteiger partial charge is 0.264 e. The number of benzene rings is 1. The van der Waals surface area contributed by atoms with E-state index in [1.807, 2.05) is 0 Å². The molecule has 1 N–H and O–H groups in total. The van der Waals surface area contributed by atoms with Crippen LogP contribution in [-0.4, -0.2) is 20.6 Å². The number of amides is 1. The lowest BCUT2D eigenvalue weighted by Crippen LogP contribution is -2.07. The van der Waals surface area contributed by atoms with Gasteiger partial charge in [0.15, 0.2) is 0 Å². The van der Waals surface area contributed by atoms with Crippen LogP contribution in [0, 0.1) is 0 Å². The van der Waals surface area contributed by atoms with Gasteiger partial charge in [-0.25, -0.2) is 0 Å². The summed E-state index contributed by atoms with van der Waals surface area (Å²) in [5.74, 6) is -0.301. The van der Waals surface area contributed by atoms with Crippen molar-refractivity contribution in [2.24, 2.45) is 0 Å². The number of carbonyl (C=O) groups is 1. The minimum Gasteiger partial charge on any atom is -0.323 e. The fourth-order valence-electron chi connectivity index (χ4n) is 1.05. The molecule has 0 saturated carbocycles. The Labute approximate surface area is 100 Å². The van der Waals surface area contributed by atoms with E-state index in [0.29, 0.717) is 11.3 Å². The Morgan fingerprint density at radius 3 is 2.47 bits per heavy atom. The lowest BCUT2D eigenvalue weighted by molar-refractivity contribution is -0.111. The highest BCUT2D eigenvalue weighted by atomic mass is 32.2. The van der Waals surface area contributed by atoms with Gasteiger partial charge in [-0.05, 0) is 23.8 Å². The molecule has 0 aromatic heterocycles. The molecule has 1 amide bonds. The van der Waals surface area contributed by atoms with E-state index < -0.39 is 10.1 Å². The van der Waals surface area contributed by atoms with Crippen molar-refractivity contribution in [1.82, 2.24) is 0 Å².